The van der Waals surface area contributed by atoms with Gasteiger partial charge in [-0.2, -0.15) is 0 Å². The smallest absolute Gasteiger partial charge is 0.287 e. The Labute approximate surface area is 175 Å². The number of anilines is 1. The Morgan fingerprint density at radius 3 is 2.67 bits per heavy atom. The van der Waals surface area contributed by atoms with Crippen LogP contribution in [0.3, 0.4) is 0 Å². The normalized spacial score (nSPS) is 17.5. The van der Waals surface area contributed by atoms with E-state index in [1.54, 1.807) is 35.2 Å². The van der Waals surface area contributed by atoms with Gasteiger partial charge in [-0.1, -0.05) is 19.9 Å². The van der Waals surface area contributed by atoms with Crippen molar-refractivity contribution in [1.29, 1.82) is 0 Å². The van der Waals surface area contributed by atoms with Crippen molar-refractivity contribution in [2.45, 2.75) is 38.8 Å². The van der Waals surface area contributed by atoms with Crippen molar-refractivity contribution in [3.05, 3.63) is 54.0 Å². The molecule has 0 radical (unpaired) electrons. The standard InChI is InChI=1S/C22H27N3O5/c1-14(2)19(24-20(27)18-9-5-11-30-18)21(28)23-16-7-3-6-15(12-16)22(29)25-10-4-8-17(26)13-25/h3,5-7,9,11-12,14,17,19,26H,4,8,10,13H2,1-2H3,(H,23,28)(H,24,27). The maximum atomic E-state index is 12.8. The predicted octanol–water partition coefficient (Wildman–Crippen LogP) is 2.27. The molecule has 160 valence electrons. The Kier molecular flexibility index (Phi) is 6.89. The van der Waals surface area contributed by atoms with Crippen LogP contribution in [0, 0.1) is 5.92 Å². The number of nitrogens with one attached hydrogen (secondary N) is 2. The highest BCUT2D eigenvalue weighted by Crippen LogP contribution is 2.18. The van der Waals surface area contributed by atoms with Gasteiger partial charge < -0.3 is 25.1 Å². The third-order valence-electron chi connectivity index (χ3n) is 5.04. The number of likely N-dealkylation sites (tertiary alicyclic amines) is 1. The molecular weight excluding hydrogens is 386 g/mol. The molecule has 0 spiro atoms. The summed E-state index contributed by atoms with van der Waals surface area (Å²) in [4.78, 5) is 39.4. The Bertz CT molecular complexity index is 894. The Balaban J connectivity index is 1.68. The van der Waals surface area contributed by atoms with Crippen LogP contribution < -0.4 is 10.6 Å². The zero-order valence-electron chi connectivity index (χ0n) is 17.1. The molecule has 2 aromatic rings. The number of piperidine rings is 1. The SMILES string of the molecule is CC(C)C(NC(=O)c1ccco1)C(=O)Nc1cccc(C(=O)N2CCCC(O)C2)c1. The van der Waals surface area contributed by atoms with Crippen LogP contribution in [-0.2, 0) is 4.79 Å². The summed E-state index contributed by atoms with van der Waals surface area (Å²) in [6.07, 6.45) is 2.34. The van der Waals surface area contributed by atoms with Gasteiger partial charge in [0, 0.05) is 24.3 Å². The van der Waals surface area contributed by atoms with Gasteiger partial charge in [-0.05, 0) is 49.1 Å². The highest BCUT2D eigenvalue weighted by atomic mass is 16.3. The van der Waals surface area contributed by atoms with Crippen molar-refractivity contribution < 1.29 is 23.9 Å². The molecular formula is C22H27N3O5. The van der Waals surface area contributed by atoms with Gasteiger partial charge in [0.1, 0.15) is 6.04 Å². The Morgan fingerprint density at radius 1 is 1.20 bits per heavy atom. The molecule has 1 aliphatic heterocycles. The van der Waals surface area contributed by atoms with Crippen molar-refractivity contribution in [3.63, 3.8) is 0 Å². The average molecular weight is 413 g/mol. The Hall–Kier alpha value is -3.13. The number of benzene rings is 1. The second-order valence-electron chi connectivity index (χ2n) is 7.79. The number of hydrogen-bond donors (Lipinski definition) is 3. The molecule has 2 atom stereocenters. The van der Waals surface area contributed by atoms with E-state index in [0.29, 0.717) is 30.8 Å². The fraction of sp³-hybridized carbons (Fsp3) is 0.409. The van der Waals surface area contributed by atoms with E-state index in [1.807, 2.05) is 13.8 Å². The summed E-state index contributed by atoms with van der Waals surface area (Å²) >= 11 is 0. The summed E-state index contributed by atoms with van der Waals surface area (Å²) < 4.78 is 5.08. The highest BCUT2D eigenvalue weighted by molar-refractivity contribution is 6.01. The summed E-state index contributed by atoms with van der Waals surface area (Å²) in [6.45, 7) is 4.56. The zero-order chi connectivity index (χ0) is 21.7. The van der Waals surface area contributed by atoms with Gasteiger partial charge in [0.05, 0.1) is 12.4 Å². The molecule has 1 fully saturated rings. The van der Waals surface area contributed by atoms with Gasteiger partial charge in [0.2, 0.25) is 5.91 Å². The summed E-state index contributed by atoms with van der Waals surface area (Å²) in [7, 11) is 0. The first kappa shape index (κ1) is 21.6. The number of nitrogens with zero attached hydrogens (tertiary/aromatic N) is 1. The molecule has 2 heterocycles. The van der Waals surface area contributed by atoms with Crippen LogP contribution >= 0.6 is 0 Å². The van der Waals surface area contributed by atoms with Crippen LogP contribution in [0.1, 0.15) is 47.6 Å². The van der Waals surface area contributed by atoms with Crippen molar-refractivity contribution >= 4 is 23.4 Å². The second-order valence-corrected chi connectivity index (χ2v) is 7.79. The first-order valence-electron chi connectivity index (χ1n) is 10.1. The van der Waals surface area contributed by atoms with E-state index in [4.69, 9.17) is 4.42 Å². The molecule has 0 aliphatic carbocycles. The molecule has 1 aromatic heterocycles. The van der Waals surface area contributed by atoms with Gasteiger partial charge in [0.15, 0.2) is 5.76 Å². The molecule has 2 unspecified atom stereocenters. The largest absolute Gasteiger partial charge is 0.459 e. The molecule has 3 N–H and O–H groups in total. The van der Waals surface area contributed by atoms with E-state index in [0.717, 1.165) is 6.42 Å². The summed E-state index contributed by atoms with van der Waals surface area (Å²) in [5, 5.41) is 15.3. The second kappa shape index (κ2) is 9.58. The van der Waals surface area contributed by atoms with Crippen LogP contribution in [0.2, 0.25) is 0 Å². The molecule has 3 rings (SSSR count). The van der Waals surface area contributed by atoms with E-state index in [-0.39, 0.29) is 23.5 Å². The van der Waals surface area contributed by atoms with E-state index < -0.39 is 18.1 Å². The Morgan fingerprint density at radius 2 is 2.00 bits per heavy atom. The van der Waals surface area contributed by atoms with Crippen LogP contribution in [0.25, 0.3) is 0 Å². The fourth-order valence-electron chi connectivity index (χ4n) is 3.43. The van der Waals surface area contributed by atoms with E-state index in [2.05, 4.69) is 10.6 Å². The maximum absolute atomic E-state index is 12.8. The average Bonchev–Trinajstić information content (AvgIpc) is 3.26. The lowest BCUT2D eigenvalue weighted by Crippen LogP contribution is -2.47. The molecule has 0 saturated carbocycles. The minimum Gasteiger partial charge on any atom is -0.459 e. The molecule has 3 amide bonds. The lowest BCUT2D eigenvalue weighted by atomic mass is 10.0. The van der Waals surface area contributed by atoms with Gasteiger partial charge in [0.25, 0.3) is 11.8 Å². The quantitative estimate of drug-likeness (QED) is 0.673. The van der Waals surface area contributed by atoms with Crippen LogP contribution in [-0.4, -0.2) is 53.0 Å². The van der Waals surface area contributed by atoms with Crippen molar-refractivity contribution in [2.24, 2.45) is 5.92 Å². The topological polar surface area (TPSA) is 112 Å². The van der Waals surface area contributed by atoms with Gasteiger partial charge in [-0.25, -0.2) is 0 Å². The molecule has 0 bridgehead atoms. The number of carbonyl (C=O) groups excluding carboxylic acids is 3. The lowest BCUT2D eigenvalue weighted by Gasteiger charge is -2.30. The first-order chi connectivity index (χ1) is 14.3. The van der Waals surface area contributed by atoms with E-state index in [9.17, 15) is 19.5 Å². The molecule has 8 nitrogen and oxygen atoms in total. The van der Waals surface area contributed by atoms with Gasteiger partial charge >= 0.3 is 0 Å². The number of aliphatic hydroxyl groups excluding tert-OH is 1. The molecule has 1 aliphatic rings. The lowest BCUT2D eigenvalue weighted by molar-refractivity contribution is -0.118. The minimum atomic E-state index is -0.779. The summed E-state index contributed by atoms with van der Waals surface area (Å²) in [6, 6.07) is 9.00. The van der Waals surface area contributed by atoms with Crippen LogP contribution in [0.5, 0.6) is 0 Å². The fourth-order valence-corrected chi connectivity index (χ4v) is 3.43. The zero-order valence-corrected chi connectivity index (χ0v) is 17.1. The number of rotatable bonds is 6. The van der Waals surface area contributed by atoms with Gasteiger partial charge in [-0.15, -0.1) is 0 Å². The van der Waals surface area contributed by atoms with E-state index >= 15 is 0 Å². The van der Waals surface area contributed by atoms with Crippen molar-refractivity contribution in [2.75, 3.05) is 18.4 Å². The maximum Gasteiger partial charge on any atom is 0.287 e. The number of β-amino-alcohol motifs (C(OH)–C–C–N with tert-alkyl or cyclic N) is 1. The van der Waals surface area contributed by atoms with E-state index in [1.165, 1.54) is 12.3 Å². The highest BCUT2D eigenvalue weighted by Gasteiger charge is 2.27. The first-order valence-corrected chi connectivity index (χ1v) is 10.1. The number of hydrogen-bond acceptors (Lipinski definition) is 5. The molecule has 1 aromatic carbocycles. The van der Waals surface area contributed by atoms with Gasteiger partial charge in [-0.3, -0.25) is 14.4 Å². The number of furan rings is 1. The van der Waals surface area contributed by atoms with Crippen molar-refractivity contribution in [1.82, 2.24) is 10.2 Å². The number of aliphatic hydroxyl groups is 1. The predicted molar refractivity (Wildman–Crippen MR) is 111 cm³/mol. The third kappa shape index (κ3) is 5.27. The number of carbonyl (C=O) groups is 3. The molecule has 8 heteroatoms. The minimum absolute atomic E-state index is 0.129. The molecule has 30 heavy (non-hydrogen) atoms. The summed E-state index contributed by atoms with van der Waals surface area (Å²) in [5.41, 5.74) is 0.893. The van der Waals surface area contributed by atoms with Crippen molar-refractivity contribution in [3.8, 4) is 0 Å². The van der Waals surface area contributed by atoms with Crippen LogP contribution in [0.15, 0.2) is 47.1 Å². The monoisotopic (exact) mass is 413 g/mol. The number of amides is 3. The third-order valence-corrected chi connectivity index (χ3v) is 5.04. The van der Waals surface area contributed by atoms with Crippen LogP contribution in [0.4, 0.5) is 5.69 Å². The summed E-state index contributed by atoms with van der Waals surface area (Å²) in [5.74, 6) is -1.07. The molecule has 1 saturated heterocycles.